The molecular weight excluding hydrogens is 168 g/mol. The highest BCUT2D eigenvalue weighted by molar-refractivity contribution is 5.70. The highest BCUT2D eigenvalue weighted by Gasteiger charge is 2.09. The number of benzene rings is 1. The number of hydrogen-bond donors (Lipinski definition) is 0. The Bertz CT molecular complexity index is 383. The lowest BCUT2D eigenvalue weighted by Crippen LogP contribution is -1.98. The maximum absolute atomic E-state index is 2.27. The van der Waals surface area contributed by atoms with Crippen molar-refractivity contribution in [2.75, 3.05) is 0 Å². The van der Waals surface area contributed by atoms with Crippen molar-refractivity contribution in [3.8, 4) is 0 Å². The number of hydrogen-bond acceptors (Lipinski definition) is 0. The van der Waals surface area contributed by atoms with Gasteiger partial charge in [-0.25, -0.2) is 0 Å². The van der Waals surface area contributed by atoms with Gasteiger partial charge in [0.25, 0.3) is 0 Å². The smallest absolute Gasteiger partial charge is 0.0195 e. The van der Waals surface area contributed by atoms with Crippen LogP contribution in [0.15, 0.2) is 42.5 Å². The zero-order chi connectivity index (χ0) is 9.97. The minimum atomic E-state index is 0.676. The van der Waals surface area contributed by atoms with Crippen LogP contribution in [-0.2, 0) is 0 Å². The molecule has 0 radical (unpaired) electrons. The molecule has 0 fully saturated rings. The van der Waals surface area contributed by atoms with Gasteiger partial charge in [-0.1, -0.05) is 49.4 Å². The molecule has 1 atom stereocenters. The molecule has 1 aliphatic carbocycles. The van der Waals surface area contributed by atoms with E-state index < -0.39 is 0 Å². The lowest BCUT2D eigenvalue weighted by Gasteiger charge is -2.16. The van der Waals surface area contributed by atoms with E-state index in [2.05, 4.69) is 56.3 Å². The quantitative estimate of drug-likeness (QED) is 0.619. The minimum Gasteiger partial charge on any atom is -0.0814 e. The summed E-state index contributed by atoms with van der Waals surface area (Å²) in [5.74, 6) is 0.676. The molecule has 0 spiro atoms. The standard InChI is InChI=1S/C14H16/c1-11-6-5-8-13(10-11)14-9-4-3-7-12(14)2/h3-9,11H,10H2,1-2H3. The molecule has 0 amide bonds. The van der Waals surface area contributed by atoms with Gasteiger partial charge in [0.1, 0.15) is 0 Å². The van der Waals surface area contributed by atoms with Gasteiger partial charge in [-0.3, -0.25) is 0 Å². The first kappa shape index (κ1) is 9.26. The summed E-state index contributed by atoms with van der Waals surface area (Å²) >= 11 is 0. The third-order valence-corrected chi connectivity index (χ3v) is 2.77. The van der Waals surface area contributed by atoms with Crippen LogP contribution in [0.3, 0.4) is 0 Å². The first-order valence-corrected chi connectivity index (χ1v) is 5.21. The van der Waals surface area contributed by atoms with Crippen LogP contribution in [0.1, 0.15) is 24.5 Å². The van der Waals surface area contributed by atoms with Crippen molar-refractivity contribution in [3.63, 3.8) is 0 Å². The van der Waals surface area contributed by atoms with Crippen LogP contribution in [-0.4, -0.2) is 0 Å². The Morgan fingerprint density at radius 3 is 2.71 bits per heavy atom. The third-order valence-electron chi connectivity index (χ3n) is 2.77. The molecule has 0 N–H and O–H groups in total. The van der Waals surface area contributed by atoms with Gasteiger partial charge < -0.3 is 0 Å². The average Bonchev–Trinajstić information content (AvgIpc) is 2.18. The van der Waals surface area contributed by atoms with Gasteiger partial charge in [-0.15, -0.1) is 0 Å². The third kappa shape index (κ3) is 1.79. The Labute approximate surface area is 86.0 Å². The minimum absolute atomic E-state index is 0.676. The molecule has 1 aliphatic rings. The summed E-state index contributed by atoms with van der Waals surface area (Å²) < 4.78 is 0. The summed E-state index contributed by atoms with van der Waals surface area (Å²) in [6.45, 7) is 4.45. The van der Waals surface area contributed by atoms with E-state index in [1.807, 2.05) is 0 Å². The van der Waals surface area contributed by atoms with E-state index in [1.165, 1.54) is 23.1 Å². The Balaban J connectivity index is 2.36. The van der Waals surface area contributed by atoms with E-state index in [1.54, 1.807) is 0 Å². The first-order chi connectivity index (χ1) is 6.77. The molecule has 0 aromatic heterocycles. The Morgan fingerprint density at radius 2 is 2.00 bits per heavy atom. The second-order valence-corrected chi connectivity index (χ2v) is 4.07. The van der Waals surface area contributed by atoms with Gasteiger partial charge in [0.2, 0.25) is 0 Å². The van der Waals surface area contributed by atoms with Gasteiger partial charge in [0.15, 0.2) is 0 Å². The Hall–Kier alpha value is -1.30. The molecule has 2 rings (SSSR count). The fourth-order valence-corrected chi connectivity index (χ4v) is 1.98. The summed E-state index contributed by atoms with van der Waals surface area (Å²) in [4.78, 5) is 0. The maximum Gasteiger partial charge on any atom is -0.0195 e. The fourth-order valence-electron chi connectivity index (χ4n) is 1.98. The van der Waals surface area contributed by atoms with Crippen molar-refractivity contribution in [2.24, 2.45) is 5.92 Å². The molecule has 1 aromatic carbocycles. The van der Waals surface area contributed by atoms with Crippen LogP contribution < -0.4 is 0 Å². The molecular formula is C14H16. The van der Waals surface area contributed by atoms with E-state index >= 15 is 0 Å². The highest BCUT2D eigenvalue weighted by Crippen LogP contribution is 2.28. The normalized spacial score (nSPS) is 20.7. The van der Waals surface area contributed by atoms with Crippen molar-refractivity contribution in [1.82, 2.24) is 0 Å². The Kier molecular flexibility index (Phi) is 2.53. The topological polar surface area (TPSA) is 0 Å². The summed E-state index contributed by atoms with van der Waals surface area (Å²) in [5, 5.41) is 0. The van der Waals surface area contributed by atoms with Crippen LogP contribution in [0.2, 0.25) is 0 Å². The fraction of sp³-hybridized carbons (Fsp3) is 0.286. The molecule has 0 saturated heterocycles. The lowest BCUT2D eigenvalue weighted by atomic mass is 9.89. The van der Waals surface area contributed by atoms with E-state index in [0.29, 0.717) is 5.92 Å². The SMILES string of the molecule is Cc1ccccc1C1=CC=CC(C)C1. The molecule has 1 unspecified atom stereocenters. The predicted octanol–water partition coefficient (Wildman–Crippen LogP) is 3.97. The second-order valence-electron chi connectivity index (χ2n) is 4.07. The van der Waals surface area contributed by atoms with Crippen molar-refractivity contribution >= 4 is 5.57 Å². The zero-order valence-electron chi connectivity index (χ0n) is 8.83. The first-order valence-electron chi connectivity index (χ1n) is 5.21. The largest absolute Gasteiger partial charge is 0.0814 e. The summed E-state index contributed by atoms with van der Waals surface area (Å²) in [6, 6.07) is 8.61. The molecule has 0 heteroatoms. The van der Waals surface area contributed by atoms with Crippen molar-refractivity contribution < 1.29 is 0 Å². The van der Waals surface area contributed by atoms with Crippen LogP contribution in [0.5, 0.6) is 0 Å². The number of aryl methyl sites for hydroxylation is 1. The molecule has 0 heterocycles. The van der Waals surface area contributed by atoms with Crippen molar-refractivity contribution in [2.45, 2.75) is 20.3 Å². The predicted molar refractivity (Wildman–Crippen MR) is 62.1 cm³/mol. The van der Waals surface area contributed by atoms with Gasteiger partial charge in [-0.05, 0) is 36.0 Å². The van der Waals surface area contributed by atoms with Crippen molar-refractivity contribution in [3.05, 3.63) is 53.6 Å². The molecule has 14 heavy (non-hydrogen) atoms. The molecule has 0 aliphatic heterocycles. The summed E-state index contributed by atoms with van der Waals surface area (Å²) in [7, 11) is 0. The highest BCUT2D eigenvalue weighted by atomic mass is 14.1. The number of rotatable bonds is 1. The molecule has 0 bridgehead atoms. The molecule has 72 valence electrons. The zero-order valence-corrected chi connectivity index (χ0v) is 8.83. The molecule has 0 saturated carbocycles. The van der Waals surface area contributed by atoms with Crippen LogP contribution in [0, 0.1) is 12.8 Å². The average molecular weight is 184 g/mol. The van der Waals surface area contributed by atoms with Crippen LogP contribution in [0.25, 0.3) is 5.57 Å². The molecule has 1 aromatic rings. The molecule has 0 nitrogen and oxygen atoms in total. The number of allylic oxidation sites excluding steroid dienone is 4. The summed E-state index contributed by atoms with van der Waals surface area (Å²) in [5.41, 5.74) is 4.25. The van der Waals surface area contributed by atoms with E-state index in [0.717, 1.165) is 0 Å². The maximum atomic E-state index is 2.27. The monoisotopic (exact) mass is 184 g/mol. The van der Waals surface area contributed by atoms with Gasteiger partial charge >= 0.3 is 0 Å². The van der Waals surface area contributed by atoms with E-state index in [4.69, 9.17) is 0 Å². The van der Waals surface area contributed by atoms with E-state index in [9.17, 15) is 0 Å². The van der Waals surface area contributed by atoms with Crippen LogP contribution >= 0.6 is 0 Å². The van der Waals surface area contributed by atoms with Crippen molar-refractivity contribution in [1.29, 1.82) is 0 Å². The summed E-state index contributed by atoms with van der Waals surface area (Å²) in [6.07, 6.45) is 7.85. The van der Waals surface area contributed by atoms with Gasteiger partial charge in [-0.2, -0.15) is 0 Å². The van der Waals surface area contributed by atoms with Crippen LogP contribution in [0.4, 0.5) is 0 Å². The van der Waals surface area contributed by atoms with Gasteiger partial charge in [0.05, 0.1) is 0 Å². The lowest BCUT2D eigenvalue weighted by molar-refractivity contribution is 0.748. The van der Waals surface area contributed by atoms with E-state index in [-0.39, 0.29) is 0 Å². The Morgan fingerprint density at radius 1 is 1.21 bits per heavy atom. The second kappa shape index (κ2) is 3.83. The van der Waals surface area contributed by atoms with Gasteiger partial charge in [0, 0.05) is 0 Å².